The summed E-state index contributed by atoms with van der Waals surface area (Å²) in [6.07, 6.45) is 1.91. The Morgan fingerprint density at radius 1 is 0.500 bits per heavy atom. The fourth-order valence-corrected chi connectivity index (χ4v) is 15.6. The van der Waals surface area contributed by atoms with Gasteiger partial charge in [-0.05, 0) is 80.9 Å². The van der Waals surface area contributed by atoms with Crippen molar-refractivity contribution in [2.75, 3.05) is 4.90 Å². The average Bonchev–Trinajstić information content (AvgIpc) is 3.87. The predicted octanol–water partition coefficient (Wildman–Crippen LogP) is 11.2. The third-order valence-electron chi connectivity index (χ3n) is 13.7. The highest BCUT2D eigenvalue weighted by molar-refractivity contribution is 7.20. The molecule has 0 spiro atoms. The highest BCUT2D eigenvalue weighted by Crippen LogP contribution is 2.54. The Labute approximate surface area is 374 Å². The topological polar surface area (TPSA) is 38.9 Å². The van der Waals surface area contributed by atoms with Crippen molar-refractivity contribution in [2.24, 2.45) is 7.05 Å². The summed E-state index contributed by atoms with van der Waals surface area (Å²) in [5.41, 5.74) is 11.2. The molecule has 4 heterocycles. The first kappa shape index (κ1) is 37.9. The molecule has 0 fully saturated rings. The van der Waals surface area contributed by atoms with E-state index in [0.717, 1.165) is 45.3 Å². The molecule has 306 valence electrons. The number of imidazole rings is 1. The molecule has 1 aliphatic heterocycles. The summed E-state index contributed by atoms with van der Waals surface area (Å²) in [7, 11) is -0.932. The highest BCUT2D eigenvalue weighted by atomic mass is 28.3. The lowest BCUT2D eigenvalue weighted by atomic mass is 9.72. The number of anilines is 3. The molecule has 3 aromatic heterocycles. The number of aromatic nitrogens is 4. The van der Waals surface area contributed by atoms with Gasteiger partial charge in [0.25, 0.3) is 0 Å². The number of para-hydroxylation sites is 4. The van der Waals surface area contributed by atoms with Crippen LogP contribution >= 0.6 is 0 Å². The smallest absolute Gasteiger partial charge is 0.179 e. The van der Waals surface area contributed by atoms with E-state index in [9.17, 15) is 0 Å². The number of hydrogen-bond acceptors (Lipinski definition) is 3. The first-order chi connectivity index (χ1) is 31.4. The van der Waals surface area contributed by atoms with Crippen molar-refractivity contribution in [2.45, 2.75) is 19.3 Å². The fourth-order valence-electron chi connectivity index (χ4n) is 10.8. The monoisotopic (exact) mass is 839 g/mol. The van der Waals surface area contributed by atoms with E-state index < -0.39 is 13.5 Å². The summed E-state index contributed by atoms with van der Waals surface area (Å²) in [6.45, 7) is 4.82. The molecule has 0 atom stereocenters. The van der Waals surface area contributed by atoms with Gasteiger partial charge in [0.05, 0.1) is 33.4 Å². The largest absolute Gasteiger partial charge is 0.327 e. The zero-order valence-electron chi connectivity index (χ0n) is 36.0. The summed E-state index contributed by atoms with van der Waals surface area (Å²) in [6, 6.07) is 78.0. The van der Waals surface area contributed by atoms with E-state index >= 15 is 0 Å². The van der Waals surface area contributed by atoms with Crippen LogP contribution in [0.5, 0.6) is 0 Å². The third-order valence-corrected chi connectivity index (χ3v) is 18.4. The molecule has 0 N–H and O–H groups in total. The van der Waals surface area contributed by atoms with Crippen LogP contribution in [-0.4, -0.2) is 27.2 Å². The van der Waals surface area contributed by atoms with Gasteiger partial charge in [-0.15, -0.1) is 0 Å². The van der Waals surface area contributed by atoms with Crippen molar-refractivity contribution in [3.8, 4) is 17.1 Å². The minimum absolute atomic E-state index is 0.404. The summed E-state index contributed by atoms with van der Waals surface area (Å²) < 4.78 is 4.70. The fraction of sp³-hybridized carbons (Fsp3) is 0.0690. The van der Waals surface area contributed by atoms with Crippen LogP contribution in [-0.2, 0) is 12.5 Å². The molecule has 0 aliphatic carbocycles. The van der Waals surface area contributed by atoms with Crippen molar-refractivity contribution in [3.05, 3.63) is 230 Å². The molecule has 5 nitrogen and oxygen atoms in total. The molecule has 0 amide bonds. The first-order valence-electron chi connectivity index (χ1n) is 22.1. The van der Waals surface area contributed by atoms with Crippen LogP contribution in [0.3, 0.4) is 0 Å². The van der Waals surface area contributed by atoms with Crippen LogP contribution in [0.2, 0.25) is 0 Å². The first-order valence-corrected chi connectivity index (χ1v) is 24.1. The second-order valence-electron chi connectivity index (χ2n) is 17.5. The van der Waals surface area contributed by atoms with Crippen molar-refractivity contribution in [1.29, 1.82) is 0 Å². The lowest BCUT2D eigenvalue weighted by molar-refractivity contribution is 0.635. The molecule has 0 bridgehead atoms. The maximum absolute atomic E-state index is 5.19. The number of hydrogen-bond donors (Lipinski definition) is 0. The van der Waals surface area contributed by atoms with Crippen molar-refractivity contribution in [3.63, 3.8) is 0 Å². The van der Waals surface area contributed by atoms with Gasteiger partial charge in [0.15, 0.2) is 8.07 Å². The van der Waals surface area contributed by atoms with Crippen LogP contribution in [0.15, 0.2) is 219 Å². The Balaban J connectivity index is 1.16. The molecular formula is C58H45N5Si. The van der Waals surface area contributed by atoms with Gasteiger partial charge in [-0.2, -0.15) is 0 Å². The number of fused-ring (bicyclic) bond motifs is 7. The summed E-state index contributed by atoms with van der Waals surface area (Å²) in [4.78, 5) is 12.7. The molecule has 0 unspecified atom stereocenters. The SMILES string of the molecule is Cn1c(-c2cccc([Si](c3ccccc3)(c3ccccc3)c3ccc4c(c3)N(c3ccccn3)c3ccc5c6ccccc6n(-c6ccccc6)c5c3C4(C)C)c2)nc2ccccc21. The van der Waals surface area contributed by atoms with Gasteiger partial charge in [0.2, 0.25) is 0 Å². The summed E-state index contributed by atoms with van der Waals surface area (Å²) in [5, 5.41) is 7.71. The molecule has 11 aromatic rings. The van der Waals surface area contributed by atoms with E-state index in [1.165, 1.54) is 53.7 Å². The van der Waals surface area contributed by atoms with Gasteiger partial charge in [-0.1, -0.05) is 172 Å². The van der Waals surface area contributed by atoms with E-state index in [0.29, 0.717) is 0 Å². The van der Waals surface area contributed by atoms with Crippen LogP contribution < -0.4 is 25.6 Å². The molecule has 12 rings (SSSR count). The zero-order chi connectivity index (χ0) is 43.0. The van der Waals surface area contributed by atoms with E-state index in [-0.39, 0.29) is 0 Å². The number of aryl methyl sites for hydroxylation is 1. The van der Waals surface area contributed by atoms with Gasteiger partial charge in [0.1, 0.15) is 11.6 Å². The third kappa shape index (κ3) is 5.55. The van der Waals surface area contributed by atoms with Crippen LogP contribution in [0.4, 0.5) is 17.2 Å². The van der Waals surface area contributed by atoms with Crippen LogP contribution in [0, 0.1) is 0 Å². The Morgan fingerprint density at radius 2 is 1.14 bits per heavy atom. The van der Waals surface area contributed by atoms with Crippen molar-refractivity contribution < 1.29 is 0 Å². The maximum atomic E-state index is 5.19. The van der Waals surface area contributed by atoms with Crippen molar-refractivity contribution >= 4 is 78.9 Å². The minimum atomic E-state index is -3.06. The van der Waals surface area contributed by atoms with E-state index in [1.54, 1.807) is 0 Å². The molecule has 64 heavy (non-hydrogen) atoms. The molecule has 0 radical (unpaired) electrons. The molecule has 0 saturated carbocycles. The molecular weight excluding hydrogens is 795 g/mol. The van der Waals surface area contributed by atoms with E-state index in [4.69, 9.17) is 9.97 Å². The summed E-state index contributed by atoms with van der Waals surface area (Å²) >= 11 is 0. The van der Waals surface area contributed by atoms with Gasteiger partial charge in [0, 0.05) is 46.2 Å². The lowest BCUT2D eigenvalue weighted by Crippen LogP contribution is -2.74. The Morgan fingerprint density at radius 3 is 1.86 bits per heavy atom. The zero-order valence-corrected chi connectivity index (χ0v) is 37.0. The quantitative estimate of drug-likeness (QED) is 0.119. The van der Waals surface area contributed by atoms with Gasteiger partial charge in [-0.3, -0.25) is 4.90 Å². The highest BCUT2D eigenvalue weighted by Gasteiger charge is 2.45. The number of pyridine rings is 1. The van der Waals surface area contributed by atoms with Gasteiger partial charge >= 0.3 is 0 Å². The second kappa shape index (κ2) is 14.7. The number of nitrogens with zero attached hydrogens (tertiary/aromatic N) is 5. The lowest BCUT2D eigenvalue weighted by Gasteiger charge is -2.43. The molecule has 8 aromatic carbocycles. The van der Waals surface area contributed by atoms with Gasteiger partial charge in [-0.25, -0.2) is 9.97 Å². The maximum Gasteiger partial charge on any atom is 0.179 e. The van der Waals surface area contributed by atoms with E-state index in [1.807, 2.05) is 12.3 Å². The summed E-state index contributed by atoms with van der Waals surface area (Å²) in [5.74, 6) is 1.84. The number of rotatable bonds is 7. The molecule has 0 saturated heterocycles. The Bertz CT molecular complexity index is 3500. The normalized spacial score (nSPS) is 13.3. The van der Waals surface area contributed by atoms with Crippen molar-refractivity contribution in [1.82, 2.24) is 19.1 Å². The Kier molecular flexibility index (Phi) is 8.68. The molecule has 6 heteroatoms. The molecule has 1 aliphatic rings. The average molecular weight is 840 g/mol. The van der Waals surface area contributed by atoms with Gasteiger partial charge < -0.3 is 9.13 Å². The predicted molar refractivity (Wildman–Crippen MR) is 269 cm³/mol. The van der Waals surface area contributed by atoms with E-state index in [2.05, 4.69) is 241 Å². The number of benzene rings is 8. The standard InChI is InChI=1S/C58H45N5Si/c1-58(2)48-35-33-45(64(42-23-9-5-10-24-42,43-25-11-6-12-26-43)44-27-19-20-40(38-44)57-60-49-29-14-16-31-51(49)61(57)3)39-53(48)63(54-32-17-18-37-59-54)52-36-34-47-46-28-13-15-30-50(46)62(56(47)55(52)58)41-21-7-4-8-22-41/h4-39H,1-3H3. The van der Waals surface area contributed by atoms with Crippen LogP contribution in [0.1, 0.15) is 25.0 Å². The minimum Gasteiger partial charge on any atom is -0.327 e. The second-order valence-corrected chi connectivity index (χ2v) is 21.3. The van der Waals surface area contributed by atoms with Crippen LogP contribution in [0.25, 0.3) is 49.9 Å². The Hall–Kier alpha value is -7.80.